The molecule has 6 heteroatoms. The van der Waals surface area contributed by atoms with E-state index < -0.39 is 0 Å². The van der Waals surface area contributed by atoms with Crippen molar-refractivity contribution in [2.75, 3.05) is 5.32 Å². The lowest BCUT2D eigenvalue weighted by Gasteiger charge is -2.20. The molecule has 5 nitrogen and oxygen atoms in total. The van der Waals surface area contributed by atoms with Crippen molar-refractivity contribution in [3.8, 4) is 0 Å². The summed E-state index contributed by atoms with van der Waals surface area (Å²) in [5.74, 6) is 1.57. The Morgan fingerprint density at radius 3 is 2.50 bits per heavy atom. The van der Waals surface area contributed by atoms with E-state index in [1.807, 2.05) is 46.0 Å². The number of thioether (sulfide) groups is 1. The molecule has 0 saturated heterocycles. The minimum Gasteiger partial charge on any atom is -0.325 e. The number of carbonyl (C=O) groups is 1. The highest BCUT2D eigenvalue weighted by Crippen LogP contribution is 2.33. The van der Waals surface area contributed by atoms with E-state index in [1.165, 1.54) is 43.9 Å². The van der Waals surface area contributed by atoms with E-state index >= 15 is 0 Å². The van der Waals surface area contributed by atoms with E-state index in [2.05, 4.69) is 20.1 Å². The molecular formula is C20H28N4OS. The fourth-order valence-corrected chi connectivity index (χ4v) is 4.41. The summed E-state index contributed by atoms with van der Waals surface area (Å²) >= 11 is 1.47. The van der Waals surface area contributed by atoms with Crippen LogP contribution < -0.4 is 5.32 Å². The van der Waals surface area contributed by atoms with Crippen LogP contribution in [0.1, 0.15) is 61.9 Å². The molecule has 1 fully saturated rings. The molecule has 0 spiro atoms. The quantitative estimate of drug-likeness (QED) is 0.779. The molecular weight excluding hydrogens is 344 g/mol. The second-order valence-electron chi connectivity index (χ2n) is 7.25. The number of nitrogens with one attached hydrogen (secondary N) is 1. The van der Waals surface area contributed by atoms with Crippen LogP contribution in [0.4, 0.5) is 5.69 Å². The predicted molar refractivity (Wildman–Crippen MR) is 107 cm³/mol. The second-order valence-corrected chi connectivity index (χ2v) is 8.56. The summed E-state index contributed by atoms with van der Waals surface area (Å²) in [5.41, 5.74) is 3.06. The minimum absolute atomic E-state index is 0.00498. The number of aromatic nitrogens is 3. The van der Waals surface area contributed by atoms with Crippen LogP contribution in [-0.4, -0.2) is 25.9 Å². The molecule has 0 bridgehead atoms. The van der Waals surface area contributed by atoms with E-state index in [0.717, 1.165) is 27.8 Å². The Kier molecular flexibility index (Phi) is 6.01. The van der Waals surface area contributed by atoms with Gasteiger partial charge in [-0.3, -0.25) is 4.79 Å². The van der Waals surface area contributed by atoms with Crippen LogP contribution in [-0.2, 0) is 11.8 Å². The maximum atomic E-state index is 12.7. The number of rotatable bonds is 5. The van der Waals surface area contributed by atoms with Gasteiger partial charge in [-0.2, -0.15) is 0 Å². The molecule has 1 atom stereocenters. The maximum absolute atomic E-state index is 12.7. The van der Waals surface area contributed by atoms with Gasteiger partial charge in [0, 0.05) is 18.7 Å². The molecule has 1 unspecified atom stereocenters. The van der Waals surface area contributed by atoms with Gasteiger partial charge in [0.25, 0.3) is 0 Å². The van der Waals surface area contributed by atoms with Crippen LogP contribution >= 0.6 is 11.8 Å². The number of hydrogen-bond acceptors (Lipinski definition) is 4. The SMILES string of the molecule is Cc1cccc(C)c1NC(=O)C(C)Sc1nnc(C2CCCCC2)n1C. The minimum atomic E-state index is -0.240. The summed E-state index contributed by atoms with van der Waals surface area (Å²) in [6.45, 7) is 5.95. The molecule has 1 amide bonds. The molecule has 0 aliphatic heterocycles. The second kappa shape index (κ2) is 8.25. The third-order valence-electron chi connectivity index (χ3n) is 5.22. The fourth-order valence-electron chi connectivity index (χ4n) is 3.59. The first-order valence-corrected chi connectivity index (χ1v) is 10.3. The Morgan fingerprint density at radius 1 is 1.19 bits per heavy atom. The Morgan fingerprint density at radius 2 is 1.85 bits per heavy atom. The molecule has 1 saturated carbocycles. The molecule has 0 radical (unpaired) electrons. The van der Waals surface area contributed by atoms with Gasteiger partial charge in [0.05, 0.1) is 5.25 Å². The topological polar surface area (TPSA) is 59.8 Å². The summed E-state index contributed by atoms with van der Waals surface area (Å²) in [7, 11) is 2.02. The van der Waals surface area contributed by atoms with Gasteiger partial charge in [-0.1, -0.05) is 49.2 Å². The predicted octanol–water partition coefficient (Wildman–Crippen LogP) is 4.60. The molecule has 1 aromatic carbocycles. The normalized spacial score (nSPS) is 16.5. The van der Waals surface area contributed by atoms with Gasteiger partial charge in [-0.05, 0) is 44.7 Å². The highest BCUT2D eigenvalue weighted by atomic mass is 32.2. The van der Waals surface area contributed by atoms with Gasteiger partial charge < -0.3 is 9.88 Å². The van der Waals surface area contributed by atoms with Crippen LogP contribution in [0.15, 0.2) is 23.4 Å². The largest absolute Gasteiger partial charge is 0.325 e. The van der Waals surface area contributed by atoms with Gasteiger partial charge in [0.1, 0.15) is 5.82 Å². The number of aryl methyl sites for hydroxylation is 2. The lowest BCUT2D eigenvalue weighted by atomic mass is 9.89. The standard InChI is InChI=1S/C20H28N4OS/c1-13-9-8-10-14(2)17(13)21-19(25)15(3)26-20-23-22-18(24(20)4)16-11-6-5-7-12-16/h8-10,15-16H,5-7,11-12H2,1-4H3,(H,21,25). The summed E-state index contributed by atoms with van der Waals surface area (Å²) in [6.07, 6.45) is 6.26. The van der Waals surface area contributed by atoms with E-state index in [0.29, 0.717) is 5.92 Å². The number of carbonyl (C=O) groups excluding carboxylic acids is 1. The highest BCUT2D eigenvalue weighted by Gasteiger charge is 2.24. The molecule has 2 aromatic rings. The van der Waals surface area contributed by atoms with Crippen LogP contribution in [0, 0.1) is 13.8 Å². The Bertz CT molecular complexity index is 760. The summed E-state index contributed by atoms with van der Waals surface area (Å²) in [5, 5.41) is 12.4. The van der Waals surface area contributed by atoms with Crippen LogP contribution in [0.25, 0.3) is 0 Å². The molecule has 140 valence electrons. The summed E-state index contributed by atoms with van der Waals surface area (Å²) < 4.78 is 2.07. The number of amides is 1. The first kappa shape index (κ1) is 19.0. The Balaban J connectivity index is 1.67. The third kappa shape index (κ3) is 4.11. The van der Waals surface area contributed by atoms with Crippen molar-refractivity contribution in [2.24, 2.45) is 7.05 Å². The summed E-state index contributed by atoms with van der Waals surface area (Å²) in [6, 6.07) is 6.03. The van der Waals surface area contributed by atoms with Crippen molar-refractivity contribution < 1.29 is 4.79 Å². The van der Waals surface area contributed by atoms with E-state index in [1.54, 1.807) is 0 Å². The number of anilines is 1. The molecule has 1 aromatic heterocycles. The third-order valence-corrected chi connectivity index (χ3v) is 6.35. The van der Waals surface area contributed by atoms with Crippen LogP contribution in [0.3, 0.4) is 0 Å². The zero-order chi connectivity index (χ0) is 18.7. The molecule has 26 heavy (non-hydrogen) atoms. The maximum Gasteiger partial charge on any atom is 0.237 e. The van der Waals surface area contributed by atoms with Crippen molar-refractivity contribution in [1.82, 2.24) is 14.8 Å². The number of hydrogen-bond donors (Lipinski definition) is 1. The Labute approximate surface area is 160 Å². The molecule has 1 aliphatic rings. The smallest absolute Gasteiger partial charge is 0.237 e. The van der Waals surface area contributed by atoms with Gasteiger partial charge in [0.2, 0.25) is 5.91 Å². The number of nitrogens with zero attached hydrogens (tertiary/aromatic N) is 3. The van der Waals surface area contributed by atoms with E-state index in [4.69, 9.17) is 0 Å². The van der Waals surface area contributed by atoms with Crippen LogP contribution in [0.2, 0.25) is 0 Å². The van der Waals surface area contributed by atoms with Gasteiger partial charge in [-0.15, -0.1) is 10.2 Å². The zero-order valence-corrected chi connectivity index (χ0v) is 16.9. The lowest BCUT2D eigenvalue weighted by molar-refractivity contribution is -0.115. The van der Waals surface area contributed by atoms with Crippen molar-refractivity contribution in [2.45, 2.75) is 69.2 Å². The van der Waals surface area contributed by atoms with Crippen LogP contribution in [0.5, 0.6) is 0 Å². The fraction of sp³-hybridized carbons (Fsp3) is 0.550. The van der Waals surface area contributed by atoms with E-state index in [9.17, 15) is 4.79 Å². The first-order valence-electron chi connectivity index (χ1n) is 9.40. The molecule has 1 heterocycles. The summed E-state index contributed by atoms with van der Waals surface area (Å²) in [4.78, 5) is 12.7. The van der Waals surface area contributed by atoms with Crippen molar-refractivity contribution in [3.63, 3.8) is 0 Å². The van der Waals surface area contributed by atoms with E-state index in [-0.39, 0.29) is 11.2 Å². The highest BCUT2D eigenvalue weighted by molar-refractivity contribution is 8.00. The average molecular weight is 373 g/mol. The average Bonchev–Trinajstić information content (AvgIpc) is 2.99. The van der Waals surface area contributed by atoms with Gasteiger partial charge in [0.15, 0.2) is 5.16 Å². The first-order chi connectivity index (χ1) is 12.5. The zero-order valence-electron chi connectivity index (χ0n) is 16.1. The van der Waals surface area contributed by atoms with Crippen molar-refractivity contribution in [3.05, 3.63) is 35.2 Å². The molecule has 3 rings (SSSR count). The van der Waals surface area contributed by atoms with Gasteiger partial charge in [-0.25, -0.2) is 0 Å². The number of benzene rings is 1. The lowest BCUT2D eigenvalue weighted by Crippen LogP contribution is -2.23. The van der Waals surface area contributed by atoms with Crippen molar-refractivity contribution >= 4 is 23.4 Å². The van der Waals surface area contributed by atoms with Gasteiger partial charge >= 0.3 is 0 Å². The monoisotopic (exact) mass is 372 g/mol. The Hall–Kier alpha value is -1.82. The number of para-hydroxylation sites is 1. The van der Waals surface area contributed by atoms with Crippen molar-refractivity contribution in [1.29, 1.82) is 0 Å². The molecule has 1 N–H and O–H groups in total. The molecule has 1 aliphatic carbocycles.